The molecule has 4 saturated carbocycles. The van der Waals surface area contributed by atoms with Gasteiger partial charge >= 0.3 is 5.97 Å². The number of allylic oxidation sites excluding steroid dienone is 2. The average Bonchev–Trinajstić information content (AvgIpc) is 2.80. The van der Waals surface area contributed by atoms with Crippen molar-refractivity contribution in [1.82, 2.24) is 0 Å². The van der Waals surface area contributed by atoms with Crippen molar-refractivity contribution in [1.29, 1.82) is 0 Å². The summed E-state index contributed by atoms with van der Waals surface area (Å²) in [6.45, 7) is 17.7. The summed E-state index contributed by atoms with van der Waals surface area (Å²) in [6.07, 6.45) is 13.3. The van der Waals surface area contributed by atoms with Crippen LogP contribution in [-0.2, 0) is 9.53 Å². The zero-order chi connectivity index (χ0) is 26.4. The number of ether oxygens (including phenoxy) is 1. The van der Waals surface area contributed by atoms with Gasteiger partial charge < -0.3 is 9.84 Å². The van der Waals surface area contributed by atoms with Gasteiger partial charge in [-0.3, -0.25) is 4.79 Å². The van der Waals surface area contributed by atoms with Crippen LogP contribution in [0.3, 0.4) is 0 Å². The molecule has 5 aliphatic carbocycles. The molecule has 3 nitrogen and oxygen atoms in total. The Bertz CT molecular complexity index is 938. The Morgan fingerprint density at radius 2 is 1.67 bits per heavy atom. The molecule has 0 aromatic carbocycles. The molecule has 4 fully saturated rings. The molecule has 0 aromatic rings. The van der Waals surface area contributed by atoms with E-state index in [0.29, 0.717) is 29.7 Å². The van der Waals surface area contributed by atoms with Gasteiger partial charge in [0.05, 0.1) is 11.5 Å². The molecule has 0 spiro atoms. The molecule has 0 radical (unpaired) electrons. The van der Waals surface area contributed by atoms with Gasteiger partial charge in [0.25, 0.3) is 0 Å². The molecule has 4 heteroatoms. The number of hydrogen-bond acceptors (Lipinski definition) is 3. The molecule has 0 aliphatic heterocycles. The van der Waals surface area contributed by atoms with E-state index in [0.717, 1.165) is 51.4 Å². The van der Waals surface area contributed by atoms with Gasteiger partial charge in [-0.25, -0.2) is 0 Å². The third-order valence-electron chi connectivity index (χ3n) is 13.3. The summed E-state index contributed by atoms with van der Waals surface area (Å²) in [5.41, 5.74) is 2.12. The van der Waals surface area contributed by atoms with Gasteiger partial charge in [0.15, 0.2) is 0 Å². The van der Waals surface area contributed by atoms with Crippen LogP contribution in [0, 0.1) is 50.2 Å². The Hall–Kier alpha value is -0.350. The van der Waals surface area contributed by atoms with Gasteiger partial charge in [-0.1, -0.05) is 76.0 Å². The summed E-state index contributed by atoms with van der Waals surface area (Å²) >= 11 is 3.46. The largest absolute Gasteiger partial charge is 0.464 e. The van der Waals surface area contributed by atoms with Crippen LogP contribution < -0.4 is 0 Å². The minimum absolute atomic E-state index is 0.0203. The lowest BCUT2D eigenvalue weighted by atomic mass is 9.33. The summed E-state index contributed by atoms with van der Waals surface area (Å²) in [5.74, 6) is 1.57. The molecule has 36 heavy (non-hydrogen) atoms. The highest BCUT2D eigenvalue weighted by molar-refractivity contribution is 9.09. The quantitative estimate of drug-likeness (QED) is 0.215. The number of hydrogen-bond donors (Lipinski definition) is 1. The van der Waals surface area contributed by atoms with E-state index in [2.05, 4.69) is 70.5 Å². The Morgan fingerprint density at radius 1 is 0.972 bits per heavy atom. The normalized spacial score (nSPS) is 49.0. The number of carbonyl (C=O) groups excluding carboxylic acids is 1. The van der Waals surface area contributed by atoms with Crippen LogP contribution in [0.4, 0.5) is 0 Å². The molecule has 8 atom stereocenters. The highest BCUT2D eigenvalue weighted by Crippen LogP contribution is 2.75. The maximum absolute atomic E-state index is 13.7. The smallest absolute Gasteiger partial charge is 0.312 e. The van der Waals surface area contributed by atoms with Crippen molar-refractivity contribution in [2.24, 2.45) is 50.2 Å². The molecular weight excluding hydrogens is 512 g/mol. The van der Waals surface area contributed by atoms with E-state index in [-0.39, 0.29) is 44.6 Å². The highest BCUT2D eigenvalue weighted by atomic mass is 79.9. The first-order valence-corrected chi connectivity index (χ1v) is 15.9. The summed E-state index contributed by atoms with van der Waals surface area (Å²) < 4.78 is 5.89. The number of carbonyl (C=O) groups is 1. The first-order valence-electron chi connectivity index (χ1n) is 14.8. The van der Waals surface area contributed by atoms with E-state index >= 15 is 0 Å². The molecule has 0 aromatic heterocycles. The highest BCUT2D eigenvalue weighted by Gasteiger charge is 2.69. The van der Waals surface area contributed by atoms with Crippen LogP contribution >= 0.6 is 15.9 Å². The average molecular weight is 564 g/mol. The van der Waals surface area contributed by atoms with E-state index in [1.54, 1.807) is 5.57 Å². The number of rotatable bonds is 3. The molecular formula is C32H51BrO3. The minimum Gasteiger partial charge on any atom is -0.464 e. The maximum atomic E-state index is 13.7. The number of halogens is 1. The van der Waals surface area contributed by atoms with Gasteiger partial charge in [0.2, 0.25) is 0 Å². The predicted molar refractivity (Wildman–Crippen MR) is 150 cm³/mol. The van der Waals surface area contributed by atoms with Crippen molar-refractivity contribution in [2.45, 2.75) is 119 Å². The van der Waals surface area contributed by atoms with Crippen molar-refractivity contribution in [3.05, 3.63) is 11.6 Å². The van der Waals surface area contributed by atoms with Crippen molar-refractivity contribution in [3.8, 4) is 0 Å². The number of alkyl halides is 1. The molecule has 204 valence electrons. The van der Waals surface area contributed by atoms with Gasteiger partial charge in [-0.15, -0.1) is 0 Å². The SMILES string of the molecule is CC1(C)CC[C@]2(C(=O)OCCBr)CC[C@]3(C)C(=CC[C@@H]4[C@@]5(C)CC[C@H](O)C(C)(C)[C@@H]5CC[C@]43C)[C@@H]2C1. The number of aliphatic hydroxyl groups excluding tert-OH is 1. The van der Waals surface area contributed by atoms with Crippen LogP contribution in [0.2, 0.25) is 0 Å². The fraction of sp³-hybridized carbons (Fsp3) is 0.906. The third kappa shape index (κ3) is 3.54. The van der Waals surface area contributed by atoms with Crippen molar-refractivity contribution >= 4 is 21.9 Å². The molecule has 1 N–H and O–H groups in total. The predicted octanol–water partition coefficient (Wildman–Crippen LogP) is 8.09. The molecule has 0 amide bonds. The maximum Gasteiger partial charge on any atom is 0.312 e. The Labute approximate surface area is 228 Å². The van der Waals surface area contributed by atoms with Crippen molar-refractivity contribution in [3.63, 3.8) is 0 Å². The number of aliphatic hydroxyl groups is 1. The second-order valence-corrected chi connectivity index (χ2v) is 16.4. The standard InChI is InChI=1S/C32H51BrO3/c1-27(2)14-16-32(26(35)36-19-18-33)17-15-30(6)21(22(32)20-27)8-9-24-29(5)12-11-25(34)28(3,4)23(29)10-13-31(24,30)7/h8,22-25,34H,9-20H2,1-7H3/t22-,23-,24+,25-,29-,30+,31+,32-/m0/s1. The van der Waals surface area contributed by atoms with Gasteiger partial charge in [-0.2, -0.15) is 0 Å². The number of fused-ring (bicyclic) bond motifs is 7. The fourth-order valence-electron chi connectivity index (χ4n) is 10.9. The fourth-order valence-corrected chi connectivity index (χ4v) is 11.0. The van der Waals surface area contributed by atoms with Gasteiger partial charge in [-0.05, 0) is 109 Å². The summed E-state index contributed by atoms with van der Waals surface area (Å²) in [6, 6.07) is 0. The van der Waals surface area contributed by atoms with Crippen LogP contribution in [-0.4, -0.2) is 29.1 Å². The minimum atomic E-state index is -0.343. The van der Waals surface area contributed by atoms with E-state index in [1.807, 2.05) is 0 Å². The van der Waals surface area contributed by atoms with Crippen LogP contribution in [0.15, 0.2) is 11.6 Å². The van der Waals surface area contributed by atoms with Crippen LogP contribution in [0.5, 0.6) is 0 Å². The summed E-state index contributed by atoms with van der Waals surface area (Å²) in [5, 5.41) is 11.7. The lowest BCUT2D eigenvalue weighted by Gasteiger charge is -2.71. The second-order valence-electron chi connectivity index (χ2n) is 15.6. The van der Waals surface area contributed by atoms with E-state index in [9.17, 15) is 9.90 Å². The van der Waals surface area contributed by atoms with E-state index in [1.165, 1.54) is 12.8 Å². The monoisotopic (exact) mass is 562 g/mol. The van der Waals surface area contributed by atoms with E-state index in [4.69, 9.17) is 4.74 Å². The summed E-state index contributed by atoms with van der Waals surface area (Å²) in [4.78, 5) is 13.7. The molecule has 0 bridgehead atoms. The lowest BCUT2D eigenvalue weighted by Crippen LogP contribution is -2.65. The van der Waals surface area contributed by atoms with Gasteiger partial charge in [0.1, 0.15) is 6.61 Å². The Kier molecular flexibility index (Phi) is 6.48. The summed E-state index contributed by atoms with van der Waals surface area (Å²) in [7, 11) is 0. The van der Waals surface area contributed by atoms with Gasteiger partial charge in [0, 0.05) is 5.33 Å². The lowest BCUT2D eigenvalue weighted by molar-refractivity contribution is -0.206. The second kappa shape index (κ2) is 8.57. The Morgan fingerprint density at radius 3 is 2.36 bits per heavy atom. The molecule has 0 saturated heterocycles. The van der Waals surface area contributed by atoms with Crippen LogP contribution in [0.25, 0.3) is 0 Å². The molecule has 0 unspecified atom stereocenters. The topological polar surface area (TPSA) is 46.5 Å². The first kappa shape index (κ1) is 27.2. The zero-order valence-electron chi connectivity index (χ0n) is 24.0. The first-order chi connectivity index (χ1) is 16.7. The van der Waals surface area contributed by atoms with Crippen molar-refractivity contribution in [2.75, 3.05) is 11.9 Å². The molecule has 5 rings (SSSR count). The molecule has 0 heterocycles. The third-order valence-corrected chi connectivity index (χ3v) is 13.7. The van der Waals surface area contributed by atoms with Crippen LogP contribution in [0.1, 0.15) is 113 Å². The molecule has 5 aliphatic rings. The zero-order valence-corrected chi connectivity index (χ0v) is 25.6. The van der Waals surface area contributed by atoms with E-state index < -0.39 is 0 Å². The number of esters is 1. The Balaban J connectivity index is 1.57. The van der Waals surface area contributed by atoms with Crippen molar-refractivity contribution < 1.29 is 14.6 Å².